The number of hydrogen-bond donors (Lipinski definition) is 0. The molecule has 0 saturated heterocycles. The van der Waals surface area contributed by atoms with Crippen LogP contribution < -0.4 is 0 Å². The lowest BCUT2D eigenvalue weighted by Crippen LogP contribution is -2.39. The van der Waals surface area contributed by atoms with Crippen LogP contribution in [0.25, 0.3) is 21.5 Å². The third kappa shape index (κ3) is 2.38. The maximum atomic E-state index is 15.4. The summed E-state index contributed by atoms with van der Waals surface area (Å²) in [7, 11) is 0. The minimum Gasteiger partial charge on any atom is -0.194 e. The molecule has 0 atom stereocenters. The largest absolute Gasteiger partial charge is 0.340 e. The second-order valence-electron chi connectivity index (χ2n) is 7.71. The Morgan fingerprint density at radius 1 is 0.312 bits per heavy atom. The van der Waals surface area contributed by atoms with Crippen LogP contribution in [0.4, 0.5) is 35.1 Å². The lowest BCUT2D eigenvalue weighted by atomic mass is 9.82. The van der Waals surface area contributed by atoms with Crippen molar-refractivity contribution >= 4 is 21.5 Å². The Balaban J connectivity index is 2.04. The summed E-state index contributed by atoms with van der Waals surface area (Å²) < 4.78 is 123. The summed E-state index contributed by atoms with van der Waals surface area (Å²) in [6.07, 6.45) is 0. The highest BCUT2D eigenvalue weighted by Crippen LogP contribution is 2.58. The van der Waals surface area contributed by atoms with Crippen LogP contribution >= 0.6 is 0 Å². The van der Waals surface area contributed by atoms with Crippen molar-refractivity contribution in [1.82, 2.24) is 0 Å². The van der Waals surface area contributed by atoms with E-state index in [-0.39, 0.29) is 0 Å². The molecule has 0 saturated carbocycles. The Morgan fingerprint density at radius 2 is 0.500 bits per heavy atom. The van der Waals surface area contributed by atoms with Gasteiger partial charge in [-0.05, 0) is 21.5 Å². The highest BCUT2D eigenvalue weighted by Gasteiger charge is 2.63. The van der Waals surface area contributed by atoms with Crippen molar-refractivity contribution in [3.8, 4) is 0 Å². The standard InChI is InChI=1S/C24H12F8/c25-21(26)17-9-10-18(14-6-2-1-5-13(14)17)22(27,28)24(31,32)20-12-11-19(23(21,29)30)15-7-3-4-8-16(15)20/h1-12H. The zero-order valence-corrected chi connectivity index (χ0v) is 16.0. The van der Waals surface area contributed by atoms with E-state index in [0.717, 1.165) is 24.3 Å². The first-order valence-electron chi connectivity index (χ1n) is 9.49. The number of benzene rings is 4. The van der Waals surface area contributed by atoms with E-state index in [0.29, 0.717) is 24.3 Å². The summed E-state index contributed by atoms with van der Waals surface area (Å²) in [6.45, 7) is 0. The molecule has 0 unspecified atom stereocenters. The van der Waals surface area contributed by atoms with E-state index in [2.05, 4.69) is 0 Å². The van der Waals surface area contributed by atoms with Crippen molar-refractivity contribution < 1.29 is 35.1 Å². The minimum absolute atomic E-state index is 0.381. The third-order valence-electron chi connectivity index (χ3n) is 5.99. The van der Waals surface area contributed by atoms with E-state index in [1.54, 1.807) is 0 Å². The fourth-order valence-corrected chi connectivity index (χ4v) is 4.37. The maximum Gasteiger partial charge on any atom is 0.340 e. The molecule has 0 spiro atoms. The molecule has 5 rings (SSSR count). The van der Waals surface area contributed by atoms with Crippen molar-refractivity contribution in [1.29, 1.82) is 0 Å². The summed E-state index contributed by atoms with van der Waals surface area (Å²) in [5.74, 6) is -19.3. The third-order valence-corrected chi connectivity index (χ3v) is 5.99. The van der Waals surface area contributed by atoms with Gasteiger partial charge in [0.05, 0.1) is 0 Å². The van der Waals surface area contributed by atoms with E-state index in [1.165, 1.54) is 24.3 Å². The first kappa shape index (κ1) is 20.7. The molecule has 8 heteroatoms. The Hall–Kier alpha value is -3.16. The molecule has 0 heterocycles. The maximum absolute atomic E-state index is 15.4. The lowest BCUT2D eigenvalue weighted by molar-refractivity contribution is -0.225. The molecule has 4 aromatic rings. The van der Waals surface area contributed by atoms with Gasteiger partial charge in [-0.25, -0.2) is 0 Å². The van der Waals surface area contributed by atoms with E-state index in [1.807, 2.05) is 0 Å². The predicted octanol–water partition coefficient (Wildman–Crippen LogP) is 8.07. The van der Waals surface area contributed by atoms with Gasteiger partial charge in [0.15, 0.2) is 0 Å². The molecule has 1 aliphatic carbocycles. The van der Waals surface area contributed by atoms with Crippen LogP contribution in [0, 0.1) is 0 Å². The minimum atomic E-state index is -4.83. The first-order chi connectivity index (χ1) is 14.9. The molecule has 0 aromatic heterocycles. The van der Waals surface area contributed by atoms with Crippen LogP contribution in [-0.2, 0) is 23.7 Å². The SMILES string of the molecule is FC1(F)c2ccc(c3ccccc23)C(F)(F)C(F)(F)c2ccc(c3ccccc23)C1(F)F. The second-order valence-corrected chi connectivity index (χ2v) is 7.71. The van der Waals surface area contributed by atoms with Crippen LogP contribution in [0.3, 0.4) is 0 Å². The molecule has 32 heavy (non-hydrogen) atoms. The van der Waals surface area contributed by atoms with Crippen LogP contribution in [0.1, 0.15) is 22.3 Å². The number of halogens is 8. The zero-order chi connectivity index (χ0) is 23.1. The second kappa shape index (κ2) is 6.21. The zero-order valence-electron chi connectivity index (χ0n) is 16.0. The van der Waals surface area contributed by atoms with Crippen molar-refractivity contribution in [3.63, 3.8) is 0 Å². The van der Waals surface area contributed by atoms with Gasteiger partial charge in [-0.3, -0.25) is 0 Å². The molecule has 0 radical (unpaired) electrons. The van der Waals surface area contributed by atoms with Gasteiger partial charge in [-0.1, -0.05) is 72.8 Å². The Morgan fingerprint density at radius 3 is 0.688 bits per heavy atom. The number of hydrogen-bond acceptors (Lipinski definition) is 0. The Bertz CT molecular complexity index is 1180. The van der Waals surface area contributed by atoms with Gasteiger partial charge in [0.25, 0.3) is 0 Å². The number of rotatable bonds is 0. The average molecular weight is 452 g/mol. The molecule has 4 aromatic carbocycles. The summed E-state index contributed by atoms with van der Waals surface area (Å²) in [4.78, 5) is 0. The number of alkyl halides is 8. The van der Waals surface area contributed by atoms with Gasteiger partial charge in [0, 0.05) is 22.3 Å². The smallest absolute Gasteiger partial charge is 0.194 e. The molecule has 164 valence electrons. The van der Waals surface area contributed by atoms with E-state index >= 15 is 35.1 Å². The van der Waals surface area contributed by atoms with Gasteiger partial charge >= 0.3 is 23.7 Å². The summed E-state index contributed by atoms with van der Waals surface area (Å²) in [5.41, 5.74) is -4.91. The van der Waals surface area contributed by atoms with Crippen LogP contribution in [0.2, 0.25) is 0 Å². The molecular formula is C24H12F8. The van der Waals surface area contributed by atoms with Gasteiger partial charge in [0.2, 0.25) is 0 Å². The molecule has 0 N–H and O–H groups in total. The quantitative estimate of drug-likeness (QED) is 0.237. The molecule has 4 bridgehead atoms. The Kier molecular flexibility index (Phi) is 4.02. The summed E-state index contributed by atoms with van der Waals surface area (Å²) in [5, 5.41) is -2.59. The van der Waals surface area contributed by atoms with Crippen LogP contribution in [0.5, 0.6) is 0 Å². The van der Waals surface area contributed by atoms with E-state index < -0.39 is 67.5 Å². The summed E-state index contributed by atoms with van der Waals surface area (Å²) >= 11 is 0. The van der Waals surface area contributed by atoms with Crippen molar-refractivity contribution in [2.24, 2.45) is 0 Å². The topological polar surface area (TPSA) is 0 Å². The molecule has 0 amide bonds. The first-order valence-corrected chi connectivity index (χ1v) is 9.49. The summed E-state index contributed by atoms with van der Waals surface area (Å²) in [6, 6.07) is 10.1. The van der Waals surface area contributed by atoms with Gasteiger partial charge in [0.1, 0.15) is 0 Å². The highest BCUT2D eigenvalue weighted by molar-refractivity contribution is 5.93. The van der Waals surface area contributed by atoms with Crippen LogP contribution in [-0.4, -0.2) is 0 Å². The molecular weight excluding hydrogens is 440 g/mol. The van der Waals surface area contributed by atoms with Gasteiger partial charge < -0.3 is 0 Å². The van der Waals surface area contributed by atoms with Gasteiger partial charge in [-0.2, -0.15) is 35.1 Å². The Labute approximate surface area is 176 Å². The van der Waals surface area contributed by atoms with Crippen molar-refractivity contribution in [2.75, 3.05) is 0 Å². The van der Waals surface area contributed by atoms with Gasteiger partial charge in [-0.15, -0.1) is 0 Å². The van der Waals surface area contributed by atoms with Crippen molar-refractivity contribution in [3.05, 3.63) is 95.1 Å². The average Bonchev–Trinajstić information content (AvgIpc) is 2.76. The lowest BCUT2D eigenvalue weighted by Gasteiger charge is -2.34. The fraction of sp³-hybridized carbons (Fsp3) is 0.167. The van der Waals surface area contributed by atoms with Crippen molar-refractivity contribution in [2.45, 2.75) is 23.7 Å². The molecule has 1 aliphatic rings. The fourth-order valence-electron chi connectivity index (χ4n) is 4.37. The normalized spacial score (nSPS) is 20.2. The van der Waals surface area contributed by atoms with E-state index in [9.17, 15) is 0 Å². The molecule has 0 aliphatic heterocycles. The molecule has 0 fully saturated rings. The monoisotopic (exact) mass is 452 g/mol. The predicted molar refractivity (Wildman–Crippen MR) is 103 cm³/mol. The highest BCUT2D eigenvalue weighted by atomic mass is 19.3. The van der Waals surface area contributed by atoms with Crippen LogP contribution in [0.15, 0.2) is 72.8 Å². The van der Waals surface area contributed by atoms with E-state index in [4.69, 9.17) is 0 Å². The molecule has 0 nitrogen and oxygen atoms in total. The number of fused-ring (bicyclic) bond motifs is 12.